The standard InChI is InChI=1S/C36H43N7O2/c1-6-24-19-26-32(33(45-8-3)31(24)30-23(4)9-10-28-27(30)20-37-40-28)38-34(25-11-15-41(5)16-12-25)39-35(26)42-17-13-36(14-18-42)21-43(22-36)29(44)7-2/h6-7,9-10,19-20,25H,1-2,8,11-18,21-22H2,3-5H3,(H,37,40). The summed E-state index contributed by atoms with van der Waals surface area (Å²) in [5, 5.41) is 9.56. The molecular weight excluding hydrogens is 562 g/mol. The topological polar surface area (TPSA) is 90.5 Å². The second-order valence-corrected chi connectivity index (χ2v) is 13.2. The highest BCUT2D eigenvalue weighted by molar-refractivity contribution is 6.07. The van der Waals surface area contributed by atoms with Gasteiger partial charge >= 0.3 is 0 Å². The fourth-order valence-corrected chi connectivity index (χ4v) is 7.67. The minimum atomic E-state index is 0.0326. The van der Waals surface area contributed by atoms with Crippen molar-refractivity contribution >= 4 is 39.6 Å². The zero-order chi connectivity index (χ0) is 31.3. The monoisotopic (exact) mass is 605 g/mol. The number of carbonyl (C=O) groups is 1. The van der Waals surface area contributed by atoms with Crippen LogP contribution in [0, 0.1) is 12.3 Å². The minimum absolute atomic E-state index is 0.0326. The molecule has 4 aromatic rings. The van der Waals surface area contributed by atoms with Crippen molar-refractivity contribution in [1.82, 2.24) is 30.0 Å². The maximum absolute atomic E-state index is 12.2. The smallest absolute Gasteiger partial charge is 0.245 e. The molecule has 7 rings (SSSR count). The van der Waals surface area contributed by atoms with Crippen molar-refractivity contribution < 1.29 is 9.53 Å². The average molecular weight is 606 g/mol. The summed E-state index contributed by atoms with van der Waals surface area (Å²) in [5.41, 5.74) is 6.26. The summed E-state index contributed by atoms with van der Waals surface area (Å²) in [5.74, 6) is 3.00. The molecule has 0 unspecified atom stereocenters. The van der Waals surface area contributed by atoms with E-state index in [9.17, 15) is 4.79 Å². The molecule has 45 heavy (non-hydrogen) atoms. The first kappa shape index (κ1) is 29.5. The van der Waals surface area contributed by atoms with Crippen LogP contribution >= 0.6 is 0 Å². The molecule has 3 aliphatic rings. The van der Waals surface area contributed by atoms with Crippen LogP contribution in [0.15, 0.2) is 43.6 Å². The number of likely N-dealkylation sites (tertiary alicyclic amines) is 2. The van der Waals surface area contributed by atoms with E-state index in [0.29, 0.717) is 12.5 Å². The number of benzene rings is 2. The summed E-state index contributed by atoms with van der Waals surface area (Å²) < 4.78 is 6.59. The number of aryl methyl sites for hydroxylation is 1. The molecule has 2 aromatic heterocycles. The fourth-order valence-electron chi connectivity index (χ4n) is 7.67. The number of piperidine rings is 2. The van der Waals surface area contributed by atoms with Gasteiger partial charge in [0.2, 0.25) is 5.91 Å². The number of fused-ring (bicyclic) bond motifs is 2. The van der Waals surface area contributed by atoms with E-state index < -0.39 is 0 Å². The largest absolute Gasteiger partial charge is 0.491 e. The van der Waals surface area contributed by atoms with Gasteiger partial charge in [0, 0.05) is 53.8 Å². The number of amides is 1. The fraction of sp³-hybridized carbons (Fsp3) is 0.444. The van der Waals surface area contributed by atoms with Crippen LogP contribution in [-0.4, -0.2) is 88.8 Å². The summed E-state index contributed by atoms with van der Waals surface area (Å²) in [6, 6.07) is 6.42. The molecule has 0 atom stereocenters. The van der Waals surface area contributed by atoms with Crippen LogP contribution in [0.1, 0.15) is 55.5 Å². The summed E-state index contributed by atoms with van der Waals surface area (Å²) >= 11 is 0. The van der Waals surface area contributed by atoms with Gasteiger partial charge in [-0.15, -0.1) is 0 Å². The average Bonchev–Trinajstić information content (AvgIpc) is 3.52. The van der Waals surface area contributed by atoms with Gasteiger partial charge in [-0.05, 0) is 94.6 Å². The number of nitrogens with zero attached hydrogens (tertiary/aromatic N) is 6. The molecule has 1 spiro atoms. The number of aromatic nitrogens is 4. The van der Waals surface area contributed by atoms with Crippen LogP contribution in [0.25, 0.3) is 39.0 Å². The van der Waals surface area contributed by atoms with Gasteiger partial charge in [-0.2, -0.15) is 5.10 Å². The number of hydrogen-bond donors (Lipinski definition) is 1. The Hall–Kier alpha value is -4.24. The molecule has 0 bridgehead atoms. The maximum atomic E-state index is 12.2. The van der Waals surface area contributed by atoms with Gasteiger partial charge in [0.1, 0.15) is 17.2 Å². The molecule has 0 aliphatic carbocycles. The molecule has 2 aromatic carbocycles. The Morgan fingerprint density at radius 3 is 2.53 bits per heavy atom. The number of anilines is 1. The predicted molar refractivity (Wildman–Crippen MR) is 181 cm³/mol. The molecule has 5 heterocycles. The molecule has 9 nitrogen and oxygen atoms in total. The SMILES string of the molecule is C=CC(=O)N1CC2(CCN(c3nc(C4CCN(C)CC4)nc4c(OCC)c(-c5c(C)ccc6[nH]ncc56)c(C=C)cc34)CC2)C1. The number of nitrogens with one attached hydrogen (secondary N) is 1. The second kappa shape index (κ2) is 11.6. The molecule has 3 saturated heterocycles. The first-order chi connectivity index (χ1) is 21.8. The number of aromatic amines is 1. The van der Waals surface area contributed by atoms with Gasteiger partial charge < -0.3 is 19.4 Å². The van der Waals surface area contributed by atoms with Crippen LogP contribution in [0.2, 0.25) is 0 Å². The van der Waals surface area contributed by atoms with Gasteiger partial charge in [0.15, 0.2) is 5.75 Å². The Kier molecular flexibility index (Phi) is 7.60. The third-order valence-electron chi connectivity index (χ3n) is 10.3. The minimum Gasteiger partial charge on any atom is -0.491 e. The van der Waals surface area contributed by atoms with Gasteiger partial charge in [0.05, 0.1) is 18.3 Å². The van der Waals surface area contributed by atoms with E-state index in [-0.39, 0.29) is 11.3 Å². The maximum Gasteiger partial charge on any atom is 0.245 e. The van der Waals surface area contributed by atoms with Crippen LogP contribution in [0.5, 0.6) is 5.75 Å². The third kappa shape index (κ3) is 5.07. The summed E-state index contributed by atoms with van der Waals surface area (Å²) in [6.07, 6.45) is 9.36. The van der Waals surface area contributed by atoms with Crippen LogP contribution < -0.4 is 9.64 Å². The Morgan fingerprint density at radius 1 is 1.09 bits per heavy atom. The lowest BCUT2D eigenvalue weighted by molar-refractivity contribution is -0.139. The molecule has 3 fully saturated rings. The third-order valence-corrected chi connectivity index (χ3v) is 10.3. The van der Waals surface area contributed by atoms with Gasteiger partial charge in [-0.1, -0.05) is 25.3 Å². The normalized spacial score (nSPS) is 18.8. The van der Waals surface area contributed by atoms with E-state index in [1.54, 1.807) is 0 Å². The number of rotatable bonds is 7. The summed E-state index contributed by atoms with van der Waals surface area (Å²) in [4.78, 5) is 29.6. The molecule has 1 amide bonds. The zero-order valence-electron chi connectivity index (χ0n) is 26.7. The van der Waals surface area contributed by atoms with E-state index in [1.807, 2.05) is 24.1 Å². The van der Waals surface area contributed by atoms with Crippen molar-refractivity contribution in [2.24, 2.45) is 5.41 Å². The lowest BCUT2D eigenvalue weighted by atomic mass is 9.72. The van der Waals surface area contributed by atoms with Gasteiger partial charge in [0.25, 0.3) is 0 Å². The van der Waals surface area contributed by atoms with E-state index in [4.69, 9.17) is 14.7 Å². The predicted octanol–water partition coefficient (Wildman–Crippen LogP) is 5.95. The van der Waals surface area contributed by atoms with Crippen LogP contribution in [0.4, 0.5) is 5.82 Å². The lowest BCUT2D eigenvalue weighted by Crippen LogP contribution is -2.61. The van der Waals surface area contributed by atoms with E-state index >= 15 is 0 Å². The molecule has 1 N–H and O–H groups in total. The van der Waals surface area contributed by atoms with Crippen LogP contribution in [0.3, 0.4) is 0 Å². The summed E-state index contributed by atoms with van der Waals surface area (Å²) in [6.45, 7) is 18.1. The zero-order valence-corrected chi connectivity index (χ0v) is 26.7. The van der Waals surface area contributed by atoms with Crippen molar-refractivity contribution in [3.8, 4) is 16.9 Å². The number of ether oxygens (including phenoxy) is 1. The van der Waals surface area contributed by atoms with Crippen molar-refractivity contribution in [2.75, 3.05) is 57.8 Å². The number of H-pyrrole nitrogens is 1. The van der Waals surface area contributed by atoms with Gasteiger partial charge in [-0.3, -0.25) is 9.89 Å². The number of hydrogen-bond acceptors (Lipinski definition) is 7. The summed E-state index contributed by atoms with van der Waals surface area (Å²) in [7, 11) is 2.19. The molecular formula is C36H43N7O2. The van der Waals surface area contributed by atoms with E-state index in [2.05, 4.69) is 65.3 Å². The highest BCUT2D eigenvalue weighted by atomic mass is 16.5. The first-order valence-corrected chi connectivity index (χ1v) is 16.3. The highest BCUT2D eigenvalue weighted by Crippen LogP contribution is 2.47. The molecule has 9 heteroatoms. The molecule has 234 valence electrons. The van der Waals surface area contributed by atoms with Crippen molar-refractivity contribution in [2.45, 2.75) is 45.4 Å². The molecule has 0 saturated carbocycles. The van der Waals surface area contributed by atoms with Gasteiger partial charge in [-0.25, -0.2) is 9.97 Å². The van der Waals surface area contributed by atoms with Crippen molar-refractivity contribution in [3.63, 3.8) is 0 Å². The molecule has 0 radical (unpaired) electrons. The highest BCUT2D eigenvalue weighted by Gasteiger charge is 2.46. The van der Waals surface area contributed by atoms with Crippen molar-refractivity contribution in [3.05, 3.63) is 60.6 Å². The van der Waals surface area contributed by atoms with Crippen LogP contribution in [-0.2, 0) is 4.79 Å². The molecule has 3 aliphatic heterocycles. The second-order valence-electron chi connectivity index (χ2n) is 13.2. The van der Waals surface area contributed by atoms with E-state index in [0.717, 1.165) is 126 Å². The van der Waals surface area contributed by atoms with Crippen molar-refractivity contribution in [1.29, 1.82) is 0 Å². The Labute approximate surface area is 265 Å². The quantitative estimate of drug-likeness (QED) is 0.261. The lowest BCUT2D eigenvalue weighted by Gasteiger charge is -2.54. The number of carbonyl (C=O) groups excluding carboxylic acids is 1. The Bertz CT molecular complexity index is 1790. The Balaban J connectivity index is 1.38. The Morgan fingerprint density at radius 2 is 1.84 bits per heavy atom. The first-order valence-electron chi connectivity index (χ1n) is 16.3. The van der Waals surface area contributed by atoms with E-state index in [1.165, 1.54) is 6.08 Å².